The summed E-state index contributed by atoms with van der Waals surface area (Å²) in [7, 11) is 1.94. The molecule has 1 fully saturated rings. The lowest BCUT2D eigenvalue weighted by atomic mass is 9.99. The second-order valence-electron chi connectivity index (χ2n) is 9.20. The molecule has 2 aromatic carbocycles. The lowest BCUT2D eigenvalue weighted by molar-refractivity contribution is -0.141. The van der Waals surface area contributed by atoms with Crippen LogP contribution >= 0.6 is 23.2 Å². The molecule has 1 saturated heterocycles. The largest absolute Gasteiger partial charge is 0.481 e. The molecule has 0 spiro atoms. The molecular weight excluding hydrogens is 499 g/mol. The number of aliphatic carboxylic acids is 1. The van der Waals surface area contributed by atoms with Crippen molar-refractivity contribution in [2.75, 3.05) is 19.7 Å². The number of hydrogen-bond acceptors (Lipinski definition) is 3. The number of hydrogen-bond donors (Lipinski definition) is 1. The average molecular weight is 529 g/mol. The highest BCUT2D eigenvalue weighted by Crippen LogP contribution is 2.33. The molecule has 190 valence electrons. The predicted molar refractivity (Wildman–Crippen MR) is 142 cm³/mol. The van der Waals surface area contributed by atoms with Crippen molar-refractivity contribution in [3.05, 3.63) is 81.6 Å². The molecule has 0 radical (unpaired) electrons. The number of aromatic nitrogens is 1. The Balaban J connectivity index is 1.47. The van der Waals surface area contributed by atoms with Crippen LogP contribution in [0.4, 0.5) is 0 Å². The van der Waals surface area contributed by atoms with Gasteiger partial charge in [0.2, 0.25) is 0 Å². The number of carbonyl (C=O) groups excluding carboxylic acids is 1. The highest BCUT2D eigenvalue weighted by molar-refractivity contribution is 6.31. The fourth-order valence-electron chi connectivity index (χ4n) is 4.70. The van der Waals surface area contributed by atoms with Crippen molar-refractivity contribution in [1.29, 1.82) is 0 Å². The van der Waals surface area contributed by atoms with Crippen molar-refractivity contribution >= 4 is 35.1 Å². The Morgan fingerprint density at radius 3 is 2.53 bits per heavy atom. The Morgan fingerprint density at radius 1 is 1.08 bits per heavy atom. The first kappa shape index (κ1) is 26.3. The molecule has 1 aromatic heterocycles. The Hall–Kier alpha value is -2.80. The van der Waals surface area contributed by atoms with Crippen LogP contribution in [0.15, 0.2) is 54.7 Å². The molecule has 1 amide bonds. The minimum atomic E-state index is -0.855. The Labute approximate surface area is 221 Å². The van der Waals surface area contributed by atoms with E-state index in [1.165, 1.54) is 0 Å². The highest BCUT2D eigenvalue weighted by atomic mass is 35.5. The molecule has 4 rings (SSSR count). The van der Waals surface area contributed by atoms with Crippen molar-refractivity contribution in [1.82, 2.24) is 9.47 Å². The Bertz CT molecular complexity index is 1240. The van der Waals surface area contributed by atoms with Gasteiger partial charge >= 0.3 is 5.97 Å². The molecular formula is C28H30Cl2N2O4. The topological polar surface area (TPSA) is 71.8 Å². The van der Waals surface area contributed by atoms with Gasteiger partial charge < -0.3 is 19.3 Å². The van der Waals surface area contributed by atoms with Crippen LogP contribution < -0.4 is 0 Å². The number of carboxylic acid groups (broad SMARTS) is 1. The molecule has 2 heterocycles. The van der Waals surface area contributed by atoms with Crippen molar-refractivity contribution in [3.63, 3.8) is 0 Å². The Morgan fingerprint density at radius 2 is 1.83 bits per heavy atom. The maximum absolute atomic E-state index is 13.7. The zero-order valence-electron chi connectivity index (χ0n) is 20.3. The summed E-state index contributed by atoms with van der Waals surface area (Å²) in [5.74, 6) is -1.50. The third-order valence-electron chi connectivity index (χ3n) is 6.59. The van der Waals surface area contributed by atoms with E-state index in [0.717, 1.165) is 35.2 Å². The number of benzene rings is 2. The summed E-state index contributed by atoms with van der Waals surface area (Å²) >= 11 is 12.3. The van der Waals surface area contributed by atoms with E-state index in [-0.39, 0.29) is 12.5 Å². The first-order chi connectivity index (χ1) is 17.3. The quantitative estimate of drug-likeness (QED) is 0.323. The van der Waals surface area contributed by atoms with Crippen LogP contribution in [0.1, 0.15) is 40.9 Å². The molecule has 1 atom stereocenters. The number of ether oxygens (including phenoxy) is 1. The molecule has 8 heteroatoms. The zero-order chi connectivity index (χ0) is 25.7. The molecule has 0 saturated carbocycles. The van der Waals surface area contributed by atoms with E-state index >= 15 is 0 Å². The van der Waals surface area contributed by atoms with E-state index in [0.29, 0.717) is 48.2 Å². The SMILES string of the molecule is Cn1cc(-c2cccc(Cl)c2)c(C(=O)N2CC[C@H](C(=O)O)C2)c1CCCCOCc1cccc(Cl)c1. The van der Waals surface area contributed by atoms with E-state index in [2.05, 4.69) is 0 Å². The van der Waals surface area contributed by atoms with E-state index in [1.807, 2.05) is 60.3 Å². The van der Waals surface area contributed by atoms with Crippen LogP contribution in [-0.4, -0.2) is 46.1 Å². The van der Waals surface area contributed by atoms with Gasteiger partial charge in [-0.05, 0) is 61.1 Å². The fraction of sp³-hybridized carbons (Fsp3) is 0.357. The number of carbonyl (C=O) groups is 2. The number of likely N-dealkylation sites (tertiary alicyclic amines) is 1. The lowest BCUT2D eigenvalue weighted by Crippen LogP contribution is -2.31. The number of unbranched alkanes of at least 4 members (excludes halogenated alkanes) is 1. The first-order valence-electron chi connectivity index (χ1n) is 12.1. The van der Waals surface area contributed by atoms with Crippen molar-refractivity contribution in [3.8, 4) is 11.1 Å². The summed E-state index contributed by atoms with van der Waals surface area (Å²) in [6, 6.07) is 15.1. The van der Waals surface area contributed by atoms with Crippen LogP contribution in [0.5, 0.6) is 0 Å². The fourth-order valence-corrected chi connectivity index (χ4v) is 5.10. The van der Waals surface area contributed by atoms with E-state index in [4.69, 9.17) is 27.9 Å². The van der Waals surface area contributed by atoms with Gasteiger partial charge in [0.15, 0.2) is 0 Å². The van der Waals surface area contributed by atoms with E-state index < -0.39 is 11.9 Å². The van der Waals surface area contributed by atoms with Gasteiger partial charge in [0.1, 0.15) is 0 Å². The van der Waals surface area contributed by atoms with Gasteiger partial charge in [0, 0.05) is 54.2 Å². The van der Waals surface area contributed by atoms with E-state index in [9.17, 15) is 14.7 Å². The third kappa shape index (κ3) is 6.30. The molecule has 1 aliphatic heterocycles. The first-order valence-corrected chi connectivity index (χ1v) is 12.9. The molecule has 36 heavy (non-hydrogen) atoms. The normalized spacial score (nSPS) is 15.4. The lowest BCUT2D eigenvalue weighted by Gasteiger charge is -2.18. The van der Waals surface area contributed by atoms with Crippen molar-refractivity contribution in [2.45, 2.75) is 32.3 Å². The molecule has 3 aromatic rings. The van der Waals surface area contributed by atoms with E-state index in [1.54, 1.807) is 11.0 Å². The Kier molecular flexibility index (Phi) is 8.72. The van der Waals surface area contributed by atoms with Crippen molar-refractivity contribution < 1.29 is 19.4 Å². The zero-order valence-corrected chi connectivity index (χ0v) is 21.8. The second-order valence-corrected chi connectivity index (χ2v) is 10.1. The number of aryl methyl sites for hydroxylation is 1. The van der Waals surface area contributed by atoms with Gasteiger partial charge in [-0.3, -0.25) is 9.59 Å². The molecule has 1 aliphatic rings. The molecule has 6 nitrogen and oxygen atoms in total. The molecule has 0 aliphatic carbocycles. The summed E-state index contributed by atoms with van der Waals surface area (Å²) in [6.45, 7) is 1.78. The third-order valence-corrected chi connectivity index (χ3v) is 7.06. The summed E-state index contributed by atoms with van der Waals surface area (Å²) < 4.78 is 7.81. The van der Waals surface area contributed by atoms with Gasteiger partial charge in [-0.15, -0.1) is 0 Å². The minimum absolute atomic E-state index is 0.124. The van der Waals surface area contributed by atoms with Gasteiger partial charge in [0.25, 0.3) is 5.91 Å². The van der Waals surface area contributed by atoms with Crippen LogP contribution in [-0.2, 0) is 29.6 Å². The maximum atomic E-state index is 13.7. The van der Waals surface area contributed by atoms with Gasteiger partial charge in [-0.25, -0.2) is 0 Å². The monoisotopic (exact) mass is 528 g/mol. The van der Waals surface area contributed by atoms with Gasteiger partial charge in [-0.1, -0.05) is 47.5 Å². The van der Waals surface area contributed by atoms with Crippen LogP contribution in [0, 0.1) is 5.92 Å². The van der Waals surface area contributed by atoms with Crippen LogP contribution in [0.25, 0.3) is 11.1 Å². The predicted octanol–water partition coefficient (Wildman–Crippen LogP) is 6.09. The second kappa shape index (κ2) is 12.0. The summed E-state index contributed by atoms with van der Waals surface area (Å²) in [5.41, 5.74) is 4.28. The number of halogens is 2. The summed E-state index contributed by atoms with van der Waals surface area (Å²) in [6.07, 6.45) is 4.83. The maximum Gasteiger partial charge on any atom is 0.308 e. The minimum Gasteiger partial charge on any atom is -0.481 e. The van der Waals surface area contributed by atoms with Crippen LogP contribution in [0.3, 0.4) is 0 Å². The van der Waals surface area contributed by atoms with Crippen molar-refractivity contribution in [2.24, 2.45) is 13.0 Å². The van der Waals surface area contributed by atoms with Gasteiger partial charge in [-0.2, -0.15) is 0 Å². The molecule has 0 unspecified atom stereocenters. The summed E-state index contributed by atoms with van der Waals surface area (Å²) in [4.78, 5) is 26.8. The number of carboxylic acids is 1. The number of amides is 1. The smallest absolute Gasteiger partial charge is 0.308 e. The van der Waals surface area contributed by atoms with Crippen LogP contribution in [0.2, 0.25) is 10.0 Å². The molecule has 1 N–H and O–H groups in total. The highest BCUT2D eigenvalue weighted by Gasteiger charge is 2.34. The number of nitrogens with zero attached hydrogens (tertiary/aromatic N) is 2. The molecule has 0 bridgehead atoms. The standard InChI is InChI=1S/C28H30Cl2N2O4/c1-31-17-24(20-7-5-9-23(30)15-20)26(27(33)32-12-11-21(16-32)28(34)35)25(31)10-2-3-13-36-18-19-6-4-8-22(29)14-19/h4-9,14-15,17,21H,2-3,10-13,16,18H2,1H3,(H,34,35)/t21-/m0/s1. The van der Waals surface area contributed by atoms with Gasteiger partial charge in [0.05, 0.1) is 18.1 Å². The summed E-state index contributed by atoms with van der Waals surface area (Å²) in [5, 5.41) is 10.7. The number of rotatable bonds is 10. The average Bonchev–Trinajstić information content (AvgIpc) is 3.46.